The van der Waals surface area contributed by atoms with Gasteiger partial charge in [0.25, 0.3) is 12.6 Å². The zero-order valence-corrected chi connectivity index (χ0v) is 70.2. The molecule has 3 amide bonds. The highest BCUT2D eigenvalue weighted by Crippen LogP contribution is 2.43. The van der Waals surface area contributed by atoms with Gasteiger partial charge in [0.1, 0.15) is 30.3 Å². The number of carbonyl (C=O) groups is 4. The van der Waals surface area contributed by atoms with Gasteiger partial charge in [-0.05, 0) is 133 Å². The number of nitrogens with one attached hydrogen (secondary N) is 4. The average Bonchev–Trinajstić information content (AvgIpc) is 1.65. The molecule has 32 heteroatoms. The number of aromatic hydroxyl groups is 2. The van der Waals surface area contributed by atoms with E-state index in [0.29, 0.717) is 93.8 Å². The smallest absolute Gasteiger partial charge is 0.407 e. The number of alkyl carbamates (subject to hydrolysis) is 3. The summed E-state index contributed by atoms with van der Waals surface area (Å²) < 4.78 is 107. The Morgan fingerprint density at radius 2 is 0.874 bits per heavy atom. The first kappa shape index (κ1) is 93.2. The SMILES string of the molecule is C.COc1ccc(S(=O)(=O)N(Cc2ccc(O)c(O)c2)CC(O)C(Cc2ccccc2)NC(=O)OC2COC3OCCC23)cc1.NCC(O)C(Cc1ccccc1)NC(=O)OC1COC2OCCC12.O=C(NC(Cc1ccccc1)C(O)CNCc1ccc2c(c1)OC(c1ccccc1)O2)OC1COC2OCCC12.O=CCc1ccc2c(c1)OC(c1ccccc1)O2. The van der Waals surface area contributed by atoms with Crippen molar-refractivity contribution in [3.05, 3.63) is 275 Å². The van der Waals surface area contributed by atoms with Crippen LogP contribution < -0.4 is 50.7 Å². The number of rotatable bonds is 31. The molecular weight excluding hydrogens is 1660 g/mol. The maximum Gasteiger partial charge on any atom is 0.407 e. The van der Waals surface area contributed by atoms with Gasteiger partial charge in [0.15, 0.2) is 53.4 Å². The second-order valence-electron chi connectivity index (χ2n) is 31.5. The van der Waals surface area contributed by atoms with Crippen molar-refractivity contribution < 1.29 is 119 Å². The number of hydrogen-bond acceptors (Lipinski definition) is 27. The van der Waals surface area contributed by atoms with Crippen LogP contribution in [-0.4, -0.2) is 203 Å². The van der Waals surface area contributed by atoms with Crippen LogP contribution in [0.1, 0.15) is 83.8 Å². The molecule has 0 saturated carbocycles. The fourth-order valence-electron chi connectivity index (χ4n) is 15.9. The van der Waals surface area contributed by atoms with Gasteiger partial charge < -0.3 is 124 Å². The minimum atomic E-state index is -4.21. The Morgan fingerprint density at radius 3 is 1.30 bits per heavy atom. The van der Waals surface area contributed by atoms with Gasteiger partial charge in [-0.25, -0.2) is 22.8 Å². The Balaban J connectivity index is 0.000000152. The van der Waals surface area contributed by atoms with Crippen LogP contribution >= 0.6 is 0 Å². The number of fused-ring (bicyclic) bond motifs is 5. The summed E-state index contributed by atoms with van der Waals surface area (Å²) in [4.78, 5) is 48.6. The standard InChI is InChI=1S/C31H36N2O10S.C31H34N2O7.C17H24N2O5.C15H12O3.CH4/c1-40-22-8-10-23(11-9-22)44(38,39)33(17-21-7-12-26(34)27(35)16-21)18-28(36)25(15-20-5-3-2-4-6-20)32-31(37)43-29-19-42-30-24(29)13-14-41-30;34-25(18-32-17-21-11-12-26-27(16-21)39-29(38-26)22-9-5-2-6-10-22)24(15-20-7-3-1-4-8-20)33-31(35)40-28-19-37-30-23(28)13-14-36-30;18-9-14(20)13(8-11-4-2-1-3-5-11)19-17(21)24-15-10-23-16-12(15)6-7-22-16;16-9-8-11-6-7-13-14(10-11)18-15(17-13)12-4-2-1-3-5-12;/h2-12,16,24-25,28-30,34-36H,13-15,17-19H2,1H3,(H,32,37);1-12,16,23-25,28-30,32,34H,13-15,17-19H2,(H,33,35);1-5,12-16,20H,6-10,18H2,(H,19,21);1-7,9-10,15H,8H2;1H4. The van der Waals surface area contributed by atoms with Gasteiger partial charge in [-0.3, -0.25) is 0 Å². The molecule has 676 valence electrons. The van der Waals surface area contributed by atoms with E-state index in [0.717, 1.165) is 68.1 Å². The summed E-state index contributed by atoms with van der Waals surface area (Å²) in [5.41, 5.74) is 12.6. The minimum Gasteiger partial charge on any atom is -0.504 e. The number of benzene rings is 9. The number of methoxy groups -OCH3 is 1. The molecule has 8 aliphatic heterocycles. The Hall–Kier alpha value is -11.5. The van der Waals surface area contributed by atoms with E-state index in [4.69, 9.17) is 72.0 Å². The van der Waals surface area contributed by atoms with Gasteiger partial charge in [-0.2, -0.15) is 4.31 Å². The Kier molecular flexibility index (Phi) is 33.2. The van der Waals surface area contributed by atoms with Gasteiger partial charge in [-0.1, -0.05) is 177 Å². The molecule has 17 atom stereocenters. The van der Waals surface area contributed by atoms with E-state index in [2.05, 4.69) is 21.3 Å². The molecule has 0 bridgehead atoms. The molecular formula is C95H110N6O25S. The highest BCUT2D eigenvalue weighted by atomic mass is 32.2. The van der Waals surface area contributed by atoms with Crippen LogP contribution in [-0.2, 0) is 96.2 Å². The van der Waals surface area contributed by atoms with Crippen molar-refractivity contribution in [1.29, 1.82) is 0 Å². The minimum absolute atomic E-state index is 0. The number of ether oxygens (including phenoxy) is 14. The predicted octanol–water partition coefficient (Wildman–Crippen LogP) is 10.4. The summed E-state index contributed by atoms with van der Waals surface area (Å²) in [5.74, 6) is 2.56. The van der Waals surface area contributed by atoms with E-state index >= 15 is 0 Å². The van der Waals surface area contributed by atoms with E-state index in [-0.39, 0.29) is 93.3 Å². The molecule has 9 aromatic rings. The van der Waals surface area contributed by atoms with Crippen LogP contribution in [0.4, 0.5) is 14.4 Å². The molecule has 6 saturated heterocycles. The summed E-state index contributed by atoms with van der Waals surface area (Å²) in [7, 11) is -2.74. The van der Waals surface area contributed by atoms with E-state index in [9.17, 15) is 53.1 Å². The number of nitrogens with two attached hydrogens (primary N) is 1. The van der Waals surface area contributed by atoms with Crippen molar-refractivity contribution in [2.24, 2.45) is 23.5 Å². The number of sulfonamides is 1. The summed E-state index contributed by atoms with van der Waals surface area (Å²) in [6.07, 6.45) is -3.28. The third-order valence-electron chi connectivity index (χ3n) is 22.8. The molecule has 8 heterocycles. The first-order chi connectivity index (χ1) is 61.3. The zero-order valence-electron chi connectivity index (χ0n) is 69.4. The van der Waals surface area contributed by atoms with Gasteiger partial charge in [0.05, 0.1) is 106 Å². The van der Waals surface area contributed by atoms with Crippen molar-refractivity contribution >= 4 is 34.6 Å². The monoisotopic (exact) mass is 1770 g/mol. The summed E-state index contributed by atoms with van der Waals surface area (Å²) in [6, 6.07) is 67.3. The lowest BCUT2D eigenvalue weighted by Gasteiger charge is -2.30. The van der Waals surface area contributed by atoms with E-state index in [1.165, 1.54) is 49.6 Å². The molecule has 6 fully saturated rings. The Labute approximate surface area is 737 Å². The number of carbonyl (C=O) groups excluding carboxylic acids is 4. The fourth-order valence-corrected chi connectivity index (χ4v) is 17.4. The molecule has 0 aromatic heterocycles. The second kappa shape index (κ2) is 45.3. The Morgan fingerprint density at radius 1 is 0.472 bits per heavy atom. The van der Waals surface area contributed by atoms with Crippen LogP contribution in [0.3, 0.4) is 0 Å². The maximum absolute atomic E-state index is 13.9. The third-order valence-corrected chi connectivity index (χ3v) is 24.6. The highest BCUT2D eigenvalue weighted by Gasteiger charge is 2.47. The number of aldehydes is 1. The molecule has 0 aliphatic carbocycles. The fraction of sp³-hybridized carbons (Fsp3) is 0.389. The second-order valence-corrected chi connectivity index (χ2v) is 33.4. The maximum atomic E-state index is 13.9. The van der Waals surface area contributed by atoms with Crippen LogP contribution in [0, 0.1) is 17.8 Å². The molecule has 17 unspecified atom stereocenters. The number of amides is 3. The number of aliphatic hydroxyl groups is 3. The highest BCUT2D eigenvalue weighted by molar-refractivity contribution is 7.89. The normalized spacial score (nSPS) is 22.6. The molecule has 0 spiro atoms. The van der Waals surface area contributed by atoms with Crippen LogP contribution in [0.2, 0.25) is 0 Å². The predicted molar refractivity (Wildman–Crippen MR) is 463 cm³/mol. The molecule has 127 heavy (non-hydrogen) atoms. The quantitative estimate of drug-likeness (QED) is 0.0110. The summed E-state index contributed by atoms with van der Waals surface area (Å²) >= 11 is 0. The first-order valence-corrected chi connectivity index (χ1v) is 43.5. The van der Waals surface area contributed by atoms with Crippen molar-refractivity contribution in [3.63, 3.8) is 0 Å². The zero-order chi connectivity index (χ0) is 87.9. The largest absolute Gasteiger partial charge is 0.504 e. The summed E-state index contributed by atoms with van der Waals surface area (Å²) in [6.45, 7) is 2.77. The van der Waals surface area contributed by atoms with E-state index in [1.807, 2.05) is 188 Å². The van der Waals surface area contributed by atoms with Gasteiger partial charge in [0.2, 0.25) is 10.0 Å². The molecule has 8 aliphatic rings. The molecule has 9 aromatic carbocycles. The number of nitrogens with zero attached hydrogens (tertiary/aromatic N) is 1. The van der Waals surface area contributed by atoms with Crippen molar-refractivity contribution in [1.82, 2.24) is 25.6 Å². The van der Waals surface area contributed by atoms with Crippen molar-refractivity contribution in [2.75, 3.05) is 66.4 Å². The van der Waals surface area contributed by atoms with Gasteiger partial charge in [-0.15, -0.1) is 0 Å². The van der Waals surface area contributed by atoms with Crippen molar-refractivity contribution in [2.45, 2.75) is 157 Å². The number of aliphatic hydroxyl groups excluding tert-OH is 3. The number of hydrogen-bond donors (Lipinski definition) is 10. The Bertz CT molecular complexity index is 5100. The third kappa shape index (κ3) is 25.3. The van der Waals surface area contributed by atoms with Crippen LogP contribution in [0.15, 0.2) is 235 Å². The molecule has 31 nitrogen and oxygen atoms in total. The van der Waals surface area contributed by atoms with E-state index < -0.39 is 102 Å². The van der Waals surface area contributed by atoms with Gasteiger partial charge in [0, 0.05) is 50.3 Å². The topological polar surface area (TPSA) is 410 Å². The lowest BCUT2D eigenvalue weighted by Crippen LogP contribution is -2.51. The van der Waals surface area contributed by atoms with Crippen molar-refractivity contribution in [3.8, 4) is 40.2 Å². The van der Waals surface area contributed by atoms with Crippen LogP contribution in [0.25, 0.3) is 0 Å². The number of phenolic OH excluding ortho intramolecular Hbond substituents is 2. The average molecular weight is 1770 g/mol. The number of phenols is 2. The lowest BCUT2D eigenvalue weighted by molar-refractivity contribution is -0.107. The van der Waals surface area contributed by atoms with Gasteiger partial charge >= 0.3 is 18.3 Å². The molecule has 17 rings (SSSR count). The summed E-state index contributed by atoms with van der Waals surface area (Å²) in [5, 5.41) is 64.2. The molecule has 0 radical (unpaired) electrons. The van der Waals surface area contributed by atoms with E-state index in [1.54, 1.807) is 0 Å². The van der Waals surface area contributed by atoms with Crippen LogP contribution in [0.5, 0.6) is 40.2 Å². The molecule has 11 N–H and O–H groups in total. The lowest BCUT2D eigenvalue weighted by atomic mass is 10.0. The first-order valence-electron chi connectivity index (χ1n) is 42.1.